The number of ether oxygens (including phenoxy) is 2. The average Bonchev–Trinajstić information content (AvgIpc) is 2.43. The second kappa shape index (κ2) is 10.1. The normalized spacial score (nSPS) is 10.5. The molecule has 0 spiro atoms. The Bertz CT molecular complexity index is 430. The van der Waals surface area contributed by atoms with Gasteiger partial charge in [0.05, 0.1) is 13.2 Å². The molecule has 0 bridgehead atoms. The van der Waals surface area contributed by atoms with Gasteiger partial charge >= 0.3 is 0 Å². The van der Waals surface area contributed by atoms with Gasteiger partial charge in [-0.05, 0) is 47.0 Å². The molecule has 112 valence electrons. The number of nitrogens with two attached hydrogens (primary N) is 1. The monoisotopic (exact) mass is 360 g/mol. The van der Waals surface area contributed by atoms with Gasteiger partial charge in [0.2, 0.25) is 0 Å². The van der Waals surface area contributed by atoms with Gasteiger partial charge in [-0.2, -0.15) is 0 Å². The summed E-state index contributed by atoms with van der Waals surface area (Å²) < 4.78 is 11.3. The van der Waals surface area contributed by atoms with Crippen molar-refractivity contribution in [3.8, 4) is 0 Å². The van der Waals surface area contributed by atoms with E-state index in [2.05, 4.69) is 21.2 Å². The van der Waals surface area contributed by atoms with Crippen LogP contribution in [0.1, 0.15) is 18.4 Å². The second-order valence-corrected chi connectivity index (χ2v) is 5.59. The van der Waals surface area contributed by atoms with Crippen LogP contribution in [0.5, 0.6) is 0 Å². The summed E-state index contributed by atoms with van der Waals surface area (Å²) in [7, 11) is 1.67. The number of hydrogen-bond acceptors (Lipinski definition) is 4. The van der Waals surface area contributed by atoms with Gasteiger partial charge in [0, 0.05) is 36.0 Å². The van der Waals surface area contributed by atoms with Crippen molar-refractivity contribution in [1.82, 2.24) is 0 Å². The highest BCUT2D eigenvalue weighted by Gasteiger charge is 2.02. The maximum absolute atomic E-state index is 5.59. The summed E-state index contributed by atoms with van der Waals surface area (Å²) in [6.45, 7) is 2.99. The molecule has 0 amide bonds. The van der Waals surface area contributed by atoms with E-state index < -0.39 is 0 Å². The molecule has 1 rings (SSSR count). The molecule has 1 aromatic carbocycles. The Morgan fingerprint density at radius 1 is 1.30 bits per heavy atom. The lowest BCUT2D eigenvalue weighted by atomic mass is 10.2. The minimum absolute atomic E-state index is 0.408. The summed E-state index contributed by atoms with van der Waals surface area (Å²) in [5.41, 5.74) is 7.50. The van der Waals surface area contributed by atoms with E-state index in [1.54, 1.807) is 7.11 Å². The highest BCUT2D eigenvalue weighted by Crippen LogP contribution is 2.23. The van der Waals surface area contributed by atoms with E-state index in [4.69, 9.17) is 27.4 Å². The fraction of sp³-hybridized carbons (Fsp3) is 0.500. The minimum Gasteiger partial charge on any atom is -0.389 e. The standard InChI is InChI=1S/C14H21BrN2O2S/c1-18-8-9-19-7-3-2-6-17-13-5-4-11(14(16)20)10-12(13)15/h4-5,10,17H,2-3,6-9H2,1H3,(H2,16,20). The molecule has 0 aliphatic heterocycles. The first-order chi connectivity index (χ1) is 9.65. The third kappa shape index (κ3) is 6.65. The number of anilines is 1. The second-order valence-electron chi connectivity index (χ2n) is 4.30. The molecule has 0 saturated carbocycles. The molecule has 0 aromatic heterocycles. The molecular weight excluding hydrogens is 340 g/mol. The third-order valence-corrected chi connectivity index (χ3v) is 3.61. The van der Waals surface area contributed by atoms with E-state index in [-0.39, 0.29) is 0 Å². The number of methoxy groups -OCH3 is 1. The summed E-state index contributed by atoms with van der Waals surface area (Å²) in [6, 6.07) is 5.83. The lowest BCUT2D eigenvalue weighted by molar-refractivity contribution is 0.0691. The van der Waals surface area contributed by atoms with E-state index in [0.29, 0.717) is 18.2 Å². The van der Waals surface area contributed by atoms with Gasteiger partial charge in [0.15, 0.2) is 0 Å². The molecule has 4 nitrogen and oxygen atoms in total. The number of hydrogen-bond donors (Lipinski definition) is 2. The summed E-state index contributed by atoms with van der Waals surface area (Å²) in [6.07, 6.45) is 2.08. The van der Waals surface area contributed by atoms with Crippen LogP contribution in [0.2, 0.25) is 0 Å². The Balaban J connectivity index is 2.20. The maximum atomic E-state index is 5.59. The highest BCUT2D eigenvalue weighted by atomic mass is 79.9. The van der Waals surface area contributed by atoms with Crippen molar-refractivity contribution in [3.63, 3.8) is 0 Å². The maximum Gasteiger partial charge on any atom is 0.104 e. The first-order valence-corrected chi connectivity index (χ1v) is 7.75. The third-order valence-electron chi connectivity index (χ3n) is 2.72. The zero-order chi connectivity index (χ0) is 14.8. The molecule has 0 atom stereocenters. The Morgan fingerprint density at radius 3 is 2.75 bits per heavy atom. The van der Waals surface area contributed by atoms with Crippen LogP contribution in [-0.4, -0.2) is 38.5 Å². The van der Waals surface area contributed by atoms with E-state index in [0.717, 1.165) is 41.7 Å². The van der Waals surface area contributed by atoms with Crippen LogP contribution in [-0.2, 0) is 9.47 Å². The molecule has 0 unspecified atom stereocenters. The molecule has 0 fully saturated rings. The van der Waals surface area contributed by atoms with E-state index in [1.165, 1.54) is 0 Å². The molecule has 0 heterocycles. The number of halogens is 1. The van der Waals surface area contributed by atoms with Crippen LogP contribution in [0.3, 0.4) is 0 Å². The van der Waals surface area contributed by atoms with Gasteiger partial charge in [-0.25, -0.2) is 0 Å². The zero-order valence-corrected chi connectivity index (χ0v) is 14.1. The van der Waals surface area contributed by atoms with Crippen molar-refractivity contribution in [2.24, 2.45) is 5.73 Å². The fourth-order valence-corrected chi connectivity index (χ4v) is 2.25. The van der Waals surface area contributed by atoms with Crippen LogP contribution in [0.4, 0.5) is 5.69 Å². The smallest absolute Gasteiger partial charge is 0.104 e. The summed E-state index contributed by atoms with van der Waals surface area (Å²) >= 11 is 8.45. The van der Waals surface area contributed by atoms with Crippen LogP contribution < -0.4 is 11.1 Å². The van der Waals surface area contributed by atoms with Crippen LogP contribution in [0.15, 0.2) is 22.7 Å². The molecule has 0 aliphatic carbocycles. The van der Waals surface area contributed by atoms with Crippen molar-refractivity contribution < 1.29 is 9.47 Å². The largest absolute Gasteiger partial charge is 0.389 e. The van der Waals surface area contributed by atoms with Crippen molar-refractivity contribution in [1.29, 1.82) is 0 Å². The van der Waals surface area contributed by atoms with Crippen LogP contribution in [0, 0.1) is 0 Å². The lowest BCUT2D eigenvalue weighted by Crippen LogP contribution is -2.10. The zero-order valence-electron chi connectivity index (χ0n) is 11.7. The highest BCUT2D eigenvalue weighted by molar-refractivity contribution is 9.10. The number of nitrogens with one attached hydrogen (secondary N) is 1. The van der Waals surface area contributed by atoms with Crippen LogP contribution >= 0.6 is 28.1 Å². The Morgan fingerprint density at radius 2 is 2.10 bits per heavy atom. The molecule has 0 saturated heterocycles. The van der Waals surface area contributed by atoms with Crippen molar-refractivity contribution >= 4 is 38.8 Å². The molecular formula is C14H21BrN2O2S. The SMILES string of the molecule is COCCOCCCCNc1ccc(C(N)=S)cc1Br. The molecule has 0 aliphatic rings. The number of rotatable bonds is 10. The molecule has 20 heavy (non-hydrogen) atoms. The van der Waals surface area contributed by atoms with Gasteiger partial charge in [-0.1, -0.05) is 12.2 Å². The predicted molar refractivity (Wildman–Crippen MR) is 90.4 cm³/mol. The lowest BCUT2D eigenvalue weighted by Gasteiger charge is -2.10. The number of unbranched alkanes of at least 4 members (excludes halogenated alkanes) is 1. The summed E-state index contributed by atoms with van der Waals surface area (Å²) in [4.78, 5) is 0.408. The Labute approximate surface area is 134 Å². The van der Waals surface area contributed by atoms with Gasteiger partial charge in [0.1, 0.15) is 4.99 Å². The van der Waals surface area contributed by atoms with Crippen molar-refractivity contribution in [2.45, 2.75) is 12.8 Å². The van der Waals surface area contributed by atoms with E-state index in [9.17, 15) is 0 Å². The predicted octanol–water partition coefficient (Wildman–Crippen LogP) is 2.94. The van der Waals surface area contributed by atoms with Gasteiger partial charge in [0.25, 0.3) is 0 Å². The minimum atomic E-state index is 0.408. The van der Waals surface area contributed by atoms with Gasteiger partial charge in [-0.15, -0.1) is 0 Å². The fourth-order valence-electron chi connectivity index (χ4n) is 1.61. The molecule has 3 N–H and O–H groups in total. The Hall–Kier alpha value is -0.690. The van der Waals surface area contributed by atoms with Crippen molar-refractivity contribution in [2.75, 3.05) is 38.8 Å². The quantitative estimate of drug-likeness (QED) is 0.496. The van der Waals surface area contributed by atoms with Gasteiger partial charge < -0.3 is 20.5 Å². The van der Waals surface area contributed by atoms with Crippen molar-refractivity contribution in [3.05, 3.63) is 28.2 Å². The molecule has 0 radical (unpaired) electrons. The number of benzene rings is 1. The number of thiocarbonyl (C=S) groups is 1. The van der Waals surface area contributed by atoms with E-state index in [1.807, 2.05) is 18.2 Å². The molecule has 1 aromatic rings. The molecule has 6 heteroatoms. The summed E-state index contributed by atoms with van der Waals surface area (Å²) in [5.74, 6) is 0. The Kier molecular flexibility index (Phi) is 8.77. The topological polar surface area (TPSA) is 56.5 Å². The average molecular weight is 361 g/mol. The van der Waals surface area contributed by atoms with Crippen LogP contribution in [0.25, 0.3) is 0 Å². The first-order valence-electron chi connectivity index (χ1n) is 6.55. The van der Waals surface area contributed by atoms with Gasteiger partial charge in [-0.3, -0.25) is 0 Å². The summed E-state index contributed by atoms with van der Waals surface area (Å²) in [5, 5.41) is 3.37. The first kappa shape index (κ1) is 17.4. The van der Waals surface area contributed by atoms with E-state index >= 15 is 0 Å².